The number of nitrogens with two attached hydrogens (primary N) is 1. The molecule has 0 saturated carbocycles. The lowest BCUT2D eigenvalue weighted by Gasteiger charge is -2.35. The summed E-state index contributed by atoms with van der Waals surface area (Å²) in [6, 6.07) is 9.49. The maximum atomic E-state index is 13.2. The molecule has 0 bridgehead atoms. The summed E-state index contributed by atoms with van der Waals surface area (Å²) in [5.41, 5.74) is 10.1. The van der Waals surface area contributed by atoms with Crippen molar-refractivity contribution in [3.8, 4) is 11.4 Å². The first-order valence-electron chi connectivity index (χ1n) is 11.7. The molecule has 11 nitrogen and oxygen atoms in total. The second-order valence-electron chi connectivity index (χ2n) is 8.81. The molecule has 3 N–H and O–H groups in total. The van der Waals surface area contributed by atoms with Gasteiger partial charge in [-0.05, 0) is 49.6 Å². The number of carbonyl (C=O) groups is 2. The normalized spacial score (nSPS) is 13.6. The predicted octanol–water partition coefficient (Wildman–Crippen LogP) is 3.00. The second-order valence-corrected chi connectivity index (χ2v) is 8.81. The summed E-state index contributed by atoms with van der Waals surface area (Å²) in [7, 11) is 1.35. The Hall–Kier alpha value is -4.25. The zero-order chi connectivity index (χ0) is 25.2. The highest BCUT2D eigenvalue weighted by Gasteiger charge is 2.36. The van der Waals surface area contributed by atoms with Gasteiger partial charge in [0.25, 0.3) is 5.91 Å². The first-order chi connectivity index (χ1) is 17.5. The number of rotatable bonds is 7. The monoisotopic (exact) mass is 489 g/mol. The van der Waals surface area contributed by atoms with E-state index in [4.69, 9.17) is 15.0 Å². The van der Waals surface area contributed by atoms with E-state index in [0.29, 0.717) is 53.9 Å². The minimum absolute atomic E-state index is 0.0279. The highest BCUT2D eigenvalue weighted by molar-refractivity contribution is 6.04. The highest BCUT2D eigenvalue weighted by Crippen LogP contribution is 2.29. The molecule has 4 heterocycles. The Bertz CT molecular complexity index is 1420. The van der Waals surface area contributed by atoms with Crippen LogP contribution in [0.5, 0.6) is 0 Å². The van der Waals surface area contributed by atoms with E-state index in [1.54, 1.807) is 15.5 Å². The van der Waals surface area contributed by atoms with E-state index >= 15 is 0 Å². The summed E-state index contributed by atoms with van der Waals surface area (Å²) in [4.78, 5) is 35.2. The Kier molecular flexibility index (Phi) is 6.38. The number of aromatic nitrogens is 4. The van der Waals surface area contributed by atoms with Gasteiger partial charge in [-0.3, -0.25) is 9.20 Å². The largest absolute Gasteiger partial charge is 0.453 e. The van der Waals surface area contributed by atoms with Gasteiger partial charge in [-0.15, -0.1) is 0 Å². The van der Waals surface area contributed by atoms with Crippen LogP contribution >= 0.6 is 0 Å². The average Bonchev–Trinajstić information content (AvgIpc) is 3.50. The third-order valence-electron chi connectivity index (χ3n) is 6.32. The van der Waals surface area contributed by atoms with Crippen molar-refractivity contribution in [3.05, 3.63) is 65.4 Å². The zero-order valence-corrected chi connectivity index (χ0v) is 20.1. The highest BCUT2D eigenvalue weighted by atomic mass is 16.5. The predicted molar refractivity (Wildman–Crippen MR) is 132 cm³/mol. The van der Waals surface area contributed by atoms with Crippen LogP contribution in [0, 0.1) is 6.92 Å². The fourth-order valence-corrected chi connectivity index (χ4v) is 4.16. The molecule has 0 radical (unpaired) electrons. The number of benzene rings is 1. The number of nitrogens with one attached hydrogen (secondary N) is 1. The van der Waals surface area contributed by atoms with Crippen LogP contribution in [0.25, 0.3) is 17.0 Å². The second kappa shape index (κ2) is 9.78. The minimum atomic E-state index is -0.373. The van der Waals surface area contributed by atoms with E-state index < -0.39 is 0 Å². The number of amides is 2. The molecule has 1 aliphatic heterocycles. The molecular weight excluding hydrogens is 462 g/mol. The third kappa shape index (κ3) is 4.52. The molecule has 186 valence electrons. The molecule has 1 aromatic carbocycles. The quantitative estimate of drug-likeness (QED) is 0.404. The Morgan fingerprint density at radius 3 is 2.86 bits per heavy atom. The van der Waals surface area contributed by atoms with Crippen molar-refractivity contribution in [2.75, 3.05) is 32.1 Å². The van der Waals surface area contributed by atoms with Crippen molar-refractivity contribution >= 4 is 23.3 Å². The van der Waals surface area contributed by atoms with Gasteiger partial charge in [0.2, 0.25) is 11.7 Å². The Morgan fingerprint density at radius 1 is 1.25 bits per heavy atom. The number of anilines is 1. The molecule has 4 aromatic rings. The Balaban J connectivity index is 1.33. The first kappa shape index (κ1) is 23.5. The van der Waals surface area contributed by atoms with Gasteiger partial charge >= 0.3 is 6.09 Å². The summed E-state index contributed by atoms with van der Waals surface area (Å²) in [6.07, 6.45) is 4.83. The van der Waals surface area contributed by atoms with Crippen molar-refractivity contribution in [1.29, 1.82) is 0 Å². The molecule has 5 rings (SSSR count). The number of fused-ring (bicyclic) bond motifs is 1. The lowest BCUT2D eigenvalue weighted by atomic mass is 10.0. The van der Waals surface area contributed by atoms with Gasteiger partial charge in [0.15, 0.2) is 0 Å². The molecule has 0 spiro atoms. The number of ether oxygens (including phenoxy) is 1. The van der Waals surface area contributed by atoms with E-state index in [-0.39, 0.29) is 17.9 Å². The van der Waals surface area contributed by atoms with Crippen LogP contribution in [0.1, 0.15) is 39.8 Å². The number of aryl methyl sites for hydroxylation is 2. The van der Waals surface area contributed by atoms with Crippen molar-refractivity contribution in [1.82, 2.24) is 24.4 Å². The number of carbonyl (C=O) groups excluding carboxylic acids is 2. The summed E-state index contributed by atoms with van der Waals surface area (Å²) in [6.45, 7) is 3.46. The molecule has 36 heavy (non-hydrogen) atoms. The number of hydrogen-bond donors (Lipinski definition) is 2. The van der Waals surface area contributed by atoms with Gasteiger partial charge < -0.3 is 25.2 Å². The number of likely N-dealkylation sites (tertiary alicyclic amines) is 1. The smallest absolute Gasteiger partial charge is 0.409 e. The van der Waals surface area contributed by atoms with Crippen molar-refractivity contribution in [3.63, 3.8) is 0 Å². The maximum Gasteiger partial charge on any atom is 0.409 e. The van der Waals surface area contributed by atoms with Crippen LogP contribution in [0.2, 0.25) is 0 Å². The number of nitrogens with zero attached hydrogens (tertiary/aromatic N) is 5. The molecule has 0 unspecified atom stereocenters. The fraction of sp³-hybridized carbons (Fsp3) is 0.320. The van der Waals surface area contributed by atoms with E-state index in [1.165, 1.54) is 7.11 Å². The molecule has 11 heteroatoms. The zero-order valence-electron chi connectivity index (χ0n) is 20.1. The number of hydrogen-bond acceptors (Lipinski definition) is 8. The average molecular weight is 490 g/mol. The van der Waals surface area contributed by atoms with E-state index in [1.807, 2.05) is 43.5 Å². The van der Waals surface area contributed by atoms with Gasteiger partial charge in [0.05, 0.1) is 19.2 Å². The lowest BCUT2D eigenvalue weighted by Crippen LogP contribution is -2.48. The van der Waals surface area contributed by atoms with Crippen molar-refractivity contribution < 1.29 is 18.8 Å². The van der Waals surface area contributed by atoms with Crippen LogP contribution in [-0.4, -0.2) is 63.2 Å². The molecule has 0 atom stereocenters. The van der Waals surface area contributed by atoms with Crippen LogP contribution in [0.4, 0.5) is 10.5 Å². The standard InChI is InChI=1S/C25H27N7O4/c1-15-5-7-17(22-29-24(36-30-22)18-13-31(14-18)25(34)35-2)10-19(15)28-23(33)20-11-27-21-8-6-16(4-3-9-26)12-32(20)21/h5-8,10-12,18H,3-4,9,13-14,26H2,1-2H3,(H,28,33). The first-order valence-corrected chi connectivity index (χ1v) is 11.7. The number of methoxy groups -OCH3 is 1. The molecular formula is C25H27N7O4. The molecule has 1 fully saturated rings. The van der Waals surface area contributed by atoms with Gasteiger partial charge in [0, 0.05) is 30.5 Å². The van der Waals surface area contributed by atoms with E-state index in [2.05, 4.69) is 20.4 Å². The van der Waals surface area contributed by atoms with Crippen LogP contribution in [-0.2, 0) is 11.2 Å². The van der Waals surface area contributed by atoms with E-state index in [9.17, 15) is 9.59 Å². The molecule has 2 amide bonds. The van der Waals surface area contributed by atoms with Gasteiger partial charge in [0.1, 0.15) is 11.3 Å². The minimum Gasteiger partial charge on any atom is -0.453 e. The molecule has 3 aromatic heterocycles. The number of imidazole rings is 1. The van der Waals surface area contributed by atoms with Crippen molar-refractivity contribution in [2.24, 2.45) is 5.73 Å². The lowest BCUT2D eigenvalue weighted by molar-refractivity contribution is 0.0804. The molecule has 1 aliphatic rings. The molecule has 1 saturated heterocycles. The van der Waals surface area contributed by atoms with Crippen LogP contribution < -0.4 is 11.1 Å². The fourth-order valence-electron chi connectivity index (χ4n) is 4.16. The van der Waals surface area contributed by atoms with Gasteiger partial charge in [-0.1, -0.05) is 23.4 Å². The maximum absolute atomic E-state index is 13.2. The summed E-state index contributed by atoms with van der Waals surface area (Å²) < 4.78 is 11.9. The third-order valence-corrected chi connectivity index (χ3v) is 6.32. The summed E-state index contributed by atoms with van der Waals surface area (Å²) >= 11 is 0. The Morgan fingerprint density at radius 2 is 2.08 bits per heavy atom. The Labute approximate surface area is 207 Å². The number of pyridine rings is 1. The topological polar surface area (TPSA) is 141 Å². The van der Waals surface area contributed by atoms with Gasteiger partial charge in [-0.2, -0.15) is 4.98 Å². The SMILES string of the molecule is COC(=O)N1CC(c2nc(-c3ccc(C)c(NC(=O)c4cnc5ccc(CCCN)cn45)c3)no2)C1. The van der Waals surface area contributed by atoms with E-state index in [0.717, 1.165) is 24.0 Å². The van der Waals surface area contributed by atoms with Crippen LogP contribution in [0.15, 0.2) is 47.2 Å². The van der Waals surface area contributed by atoms with Crippen molar-refractivity contribution in [2.45, 2.75) is 25.7 Å². The van der Waals surface area contributed by atoms with Crippen LogP contribution in [0.3, 0.4) is 0 Å². The van der Waals surface area contributed by atoms with Gasteiger partial charge in [-0.25, -0.2) is 9.78 Å². The molecule has 0 aliphatic carbocycles. The summed E-state index contributed by atoms with van der Waals surface area (Å²) in [5, 5.41) is 7.09. The summed E-state index contributed by atoms with van der Waals surface area (Å²) in [5.74, 6) is 0.577.